The fraction of sp³-hybridized carbons (Fsp3) is 0.890. The number of hydrogen-bond donors (Lipinski definition) is 6. The van der Waals surface area contributed by atoms with Crippen molar-refractivity contribution in [2.24, 2.45) is 0 Å². The van der Waals surface area contributed by atoms with Gasteiger partial charge in [-0.05, 0) is 57.8 Å². The van der Waals surface area contributed by atoms with Gasteiger partial charge in [0.25, 0.3) is 0 Å². The Morgan fingerprint density at radius 3 is 0.956 bits per heavy atom. The van der Waals surface area contributed by atoms with Crippen LogP contribution in [0.1, 0.15) is 412 Å². The van der Waals surface area contributed by atoms with Crippen molar-refractivity contribution in [1.82, 2.24) is 5.32 Å². The zero-order valence-electron chi connectivity index (χ0n) is 60.4. The Labute approximate surface area is 564 Å². The zero-order valence-corrected chi connectivity index (χ0v) is 60.4. The van der Waals surface area contributed by atoms with E-state index in [1.807, 2.05) is 6.08 Å². The van der Waals surface area contributed by atoms with Gasteiger partial charge in [-0.3, -0.25) is 4.79 Å². The highest BCUT2D eigenvalue weighted by Gasteiger charge is 2.44. The lowest BCUT2D eigenvalue weighted by atomic mass is 9.99. The third kappa shape index (κ3) is 59.2. The summed E-state index contributed by atoms with van der Waals surface area (Å²) in [5.41, 5.74) is 0. The van der Waals surface area contributed by atoms with Gasteiger partial charge in [-0.25, -0.2) is 0 Å². The summed E-state index contributed by atoms with van der Waals surface area (Å²) < 4.78 is 11.4. The molecule has 0 spiro atoms. The van der Waals surface area contributed by atoms with Gasteiger partial charge in [-0.1, -0.05) is 396 Å². The molecule has 0 aromatic rings. The Kier molecular flexibility index (Phi) is 67.9. The van der Waals surface area contributed by atoms with E-state index >= 15 is 0 Å². The fourth-order valence-corrected chi connectivity index (χ4v) is 13.1. The van der Waals surface area contributed by atoms with E-state index in [1.54, 1.807) is 6.08 Å². The van der Waals surface area contributed by atoms with Gasteiger partial charge in [-0.2, -0.15) is 0 Å². The average Bonchev–Trinajstić information content (AvgIpc) is 1.70. The normalized spacial score (nSPS) is 17.9. The molecule has 1 saturated heterocycles. The molecule has 1 fully saturated rings. The summed E-state index contributed by atoms with van der Waals surface area (Å²) in [5.74, 6) is -0.168. The molecule has 91 heavy (non-hydrogen) atoms. The number of hydrogen-bond acceptors (Lipinski definition) is 8. The molecule has 7 unspecified atom stereocenters. The summed E-state index contributed by atoms with van der Waals surface area (Å²) >= 11 is 0. The van der Waals surface area contributed by atoms with Crippen molar-refractivity contribution >= 4 is 5.91 Å². The molecule has 1 amide bonds. The minimum absolute atomic E-state index is 0.168. The molecule has 1 rings (SSSR count). The number of rotatable bonds is 72. The van der Waals surface area contributed by atoms with Gasteiger partial charge >= 0.3 is 0 Å². The van der Waals surface area contributed by atoms with Crippen molar-refractivity contribution in [2.45, 2.75) is 455 Å². The highest BCUT2D eigenvalue weighted by molar-refractivity contribution is 5.76. The number of unbranched alkanes of at least 4 members (excludes halogenated alkanes) is 56. The van der Waals surface area contributed by atoms with Gasteiger partial charge in [0.05, 0.1) is 25.4 Å². The van der Waals surface area contributed by atoms with Crippen LogP contribution in [0.25, 0.3) is 0 Å². The lowest BCUT2D eigenvalue weighted by molar-refractivity contribution is -0.302. The van der Waals surface area contributed by atoms with Crippen LogP contribution < -0.4 is 5.32 Å². The minimum Gasteiger partial charge on any atom is -0.394 e. The quantitative estimate of drug-likeness (QED) is 0.0261. The van der Waals surface area contributed by atoms with Gasteiger partial charge in [0.15, 0.2) is 6.29 Å². The van der Waals surface area contributed by atoms with Crippen molar-refractivity contribution in [1.29, 1.82) is 0 Å². The maximum atomic E-state index is 13.2. The van der Waals surface area contributed by atoms with Crippen LogP contribution in [0.4, 0.5) is 0 Å². The van der Waals surface area contributed by atoms with E-state index in [2.05, 4.69) is 55.6 Å². The Morgan fingerprint density at radius 2 is 0.648 bits per heavy atom. The molecule has 0 aliphatic carbocycles. The number of allylic oxidation sites excluding steroid dienone is 7. The van der Waals surface area contributed by atoms with Gasteiger partial charge in [0.1, 0.15) is 24.4 Å². The molecule has 1 heterocycles. The van der Waals surface area contributed by atoms with Crippen molar-refractivity contribution in [3.8, 4) is 0 Å². The minimum atomic E-state index is -1.57. The topological polar surface area (TPSA) is 149 Å². The van der Waals surface area contributed by atoms with E-state index in [1.165, 1.54) is 340 Å². The number of aliphatic hydroxyl groups is 5. The SMILES string of the molecule is CCCCCCC/C=C\C/C=C\C/C=C\CCCCCCCCCCCCCCCCCCCCCCCCC(=O)NC(COC1OC(CO)C(O)C(O)C1O)C(O)/C=C/CCCCCCCCCCCCCCCCCCCCCCCCCCCCCCC. The zero-order chi connectivity index (χ0) is 65.7. The van der Waals surface area contributed by atoms with Crippen LogP contribution in [0.15, 0.2) is 48.6 Å². The second-order valence-corrected chi connectivity index (χ2v) is 28.2. The third-order valence-electron chi connectivity index (χ3n) is 19.4. The molecule has 7 atom stereocenters. The Bertz CT molecular complexity index is 1580. The molecule has 0 bridgehead atoms. The Hall–Kier alpha value is -1.85. The third-order valence-corrected chi connectivity index (χ3v) is 19.4. The van der Waals surface area contributed by atoms with E-state index in [4.69, 9.17) is 9.47 Å². The van der Waals surface area contributed by atoms with Crippen molar-refractivity contribution in [2.75, 3.05) is 13.2 Å². The molecule has 0 aromatic heterocycles. The summed E-state index contributed by atoms with van der Waals surface area (Å²) in [7, 11) is 0. The first-order chi connectivity index (χ1) is 44.8. The summed E-state index contributed by atoms with van der Waals surface area (Å²) in [6, 6.07) is -0.806. The van der Waals surface area contributed by atoms with Crippen LogP contribution in [-0.4, -0.2) is 87.5 Å². The van der Waals surface area contributed by atoms with Gasteiger partial charge in [-0.15, -0.1) is 0 Å². The number of ether oxygens (including phenoxy) is 2. The number of carbonyl (C=O) groups is 1. The molecule has 0 aromatic carbocycles. The first-order valence-corrected chi connectivity index (χ1v) is 40.4. The summed E-state index contributed by atoms with van der Waals surface area (Å²) in [6.45, 7) is 3.83. The van der Waals surface area contributed by atoms with Crippen LogP contribution >= 0.6 is 0 Å². The number of aliphatic hydroxyl groups excluding tert-OH is 5. The van der Waals surface area contributed by atoms with Gasteiger partial charge in [0.2, 0.25) is 5.91 Å². The van der Waals surface area contributed by atoms with Crippen LogP contribution in [0.5, 0.6) is 0 Å². The number of carbonyl (C=O) groups excluding carboxylic acids is 1. The molecule has 536 valence electrons. The maximum absolute atomic E-state index is 13.2. The monoisotopic (exact) mass is 1280 g/mol. The first kappa shape index (κ1) is 87.2. The summed E-state index contributed by atoms with van der Waals surface area (Å²) in [4.78, 5) is 13.2. The Balaban J connectivity index is 2.06. The van der Waals surface area contributed by atoms with E-state index < -0.39 is 49.5 Å². The van der Waals surface area contributed by atoms with Crippen LogP contribution in [0.3, 0.4) is 0 Å². The van der Waals surface area contributed by atoms with E-state index in [0.29, 0.717) is 6.42 Å². The molecule has 0 saturated carbocycles. The molecule has 0 radical (unpaired) electrons. The van der Waals surface area contributed by atoms with Crippen molar-refractivity contribution in [3.05, 3.63) is 48.6 Å². The van der Waals surface area contributed by atoms with E-state index in [-0.39, 0.29) is 12.5 Å². The first-order valence-electron chi connectivity index (χ1n) is 40.4. The van der Waals surface area contributed by atoms with Crippen molar-refractivity contribution < 1.29 is 39.8 Å². The van der Waals surface area contributed by atoms with Gasteiger partial charge < -0.3 is 40.3 Å². The molecule has 6 N–H and O–H groups in total. The second kappa shape index (κ2) is 70.9. The summed E-state index contributed by atoms with van der Waals surface area (Å²) in [5, 5.41) is 54.9. The highest BCUT2D eigenvalue weighted by Crippen LogP contribution is 2.24. The lowest BCUT2D eigenvalue weighted by Crippen LogP contribution is -2.60. The van der Waals surface area contributed by atoms with Gasteiger partial charge in [0, 0.05) is 6.42 Å². The average molecular weight is 1280 g/mol. The predicted octanol–water partition coefficient (Wildman–Crippen LogP) is 23.1. The molecular formula is C82H155NO8. The number of amides is 1. The molecular weight excluding hydrogens is 1130 g/mol. The summed E-state index contributed by atoms with van der Waals surface area (Å²) in [6.07, 6.45) is 91.2. The number of nitrogens with one attached hydrogen (secondary N) is 1. The largest absolute Gasteiger partial charge is 0.394 e. The maximum Gasteiger partial charge on any atom is 0.220 e. The lowest BCUT2D eigenvalue weighted by Gasteiger charge is -2.40. The second-order valence-electron chi connectivity index (χ2n) is 28.2. The molecule has 9 heteroatoms. The predicted molar refractivity (Wildman–Crippen MR) is 392 cm³/mol. The molecule has 9 nitrogen and oxygen atoms in total. The van der Waals surface area contributed by atoms with Crippen LogP contribution in [-0.2, 0) is 14.3 Å². The molecule has 1 aliphatic rings. The fourth-order valence-electron chi connectivity index (χ4n) is 13.1. The van der Waals surface area contributed by atoms with E-state index in [0.717, 1.165) is 51.4 Å². The highest BCUT2D eigenvalue weighted by atomic mass is 16.7. The standard InChI is InChI=1S/C82H155NO8/c1-3-5-7-9-11-13-15-17-19-21-23-25-27-29-31-33-35-36-37-38-39-40-42-44-46-48-50-52-54-56-58-60-62-64-66-68-70-72-78(86)83-75(74-90-82-81(89)80(88)79(87)77(73-84)91-82)76(85)71-69-67-65-63-61-59-57-55-53-51-49-47-45-43-41-34-32-30-28-26-24-22-20-18-16-14-12-10-8-6-4-2/h15,17,21,23,27,29,69,71,75-77,79-82,84-85,87-89H,3-14,16,18-20,22,24-26,28,30-68,70,72-74H2,1-2H3,(H,83,86)/b17-15-,23-21-,29-27-,71-69+. The van der Waals surface area contributed by atoms with E-state index in [9.17, 15) is 30.3 Å². The van der Waals surface area contributed by atoms with Crippen molar-refractivity contribution in [3.63, 3.8) is 0 Å². The van der Waals surface area contributed by atoms with Crippen LogP contribution in [0.2, 0.25) is 0 Å². The Morgan fingerprint density at radius 1 is 0.374 bits per heavy atom. The molecule has 1 aliphatic heterocycles. The smallest absolute Gasteiger partial charge is 0.220 e. The van der Waals surface area contributed by atoms with Crippen LogP contribution in [0, 0.1) is 0 Å².